The van der Waals surface area contributed by atoms with Crippen molar-refractivity contribution in [2.75, 3.05) is 4.90 Å². The maximum atomic E-state index is 11.7. The minimum atomic E-state index is -0.00373. The Balaban J connectivity index is 2.30. The van der Waals surface area contributed by atoms with Crippen LogP contribution in [0.25, 0.3) is 0 Å². The maximum absolute atomic E-state index is 11.7. The van der Waals surface area contributed by atoms with E-state index in [2.05, 4.69) is 6.07 Å². The van der Waals surface area contributed by atoms with Gasteiger partial charge in [-0.25, -0.2) is 0 Å². The Morgan fingerprint density at radius 2 is 2.38 bits per heavy atom. The minimum Gasteiger partial charge on any atom is -0.308 e. The van der Waals surface area contributed by atoms with Crippen molar-refractivity contribution in [1.82, 2.24) is 0 Å². The van der Waals surface area contributed by atoms with Crippen LogP contribution in [0.15, 0.2) is 24.3 Å². The summed E-state index contributed by atoms with van der Waals surface area (Å²) in [5.41, 5.74) is 0.787. The van der Waals surface area contributed by atoms with Gasteiger partial charge in [-0.1, -0.05) is 17.7 Å². The van der Waals surface area contributed by atoms with Crippen molar-refractivity contribution in [3.8, 4) is 6.07 Å². The first kappa shape index (κ1) is 11.0. The molecule has 1 aromatic carbocycles. The number of carbonyl (C=O) groups excluding carboxylic acids is 1. The molecule has 1 atom stereocenters. The first-order chi connectivity index (χ1) is 7.72. The highest BCUT2D eigenvalue weighted by Crippen LogP contribution is 2.29. The van der Waals surface area contributed by atoms with Crippen LogP contribution >= 0.6 is 11.6 Å². The van der Waals surface area contributed by atoms with Crippen molar-refractivity contribution in [2.45, 2.75) is 25.3 Å². The predicted molar refractivity (Wildman–Crippen MR) is 62.2 cm³/mol. The van der Waals surface area contributed by atoms with Crippen molar-refractivity contribution >= 4 is 23.2 Å². The van der Waals surface area contributed by atoms with E-state index >= 15 is 0 Å². The fraction of sp³-hybridized carbons (Fsp3) is 0.333. The van der Waals surface area contributed by atoms with Gasteiger partial charge in [0.2, 0.25) is 5.91 Å². The van der Waals surface area contributed by atoms with Crippen molar-refractivity contribution in [2.24, 2.45) is 0 Å². The van der Waals surface area contributed by atoms with Gasteiger partial charge in [-0.05, 0) is 24.6 Å². The number of amides is 1. The van der Waals surface area contributed by atoms with Gasteiger partial charge in [-0.15, -0.1) is 0 Å². The van der Waals surface area contributed by atoms with E-state index in [4.69, 9.17) is 16.9 Å². The van der Waals surface area contributed by atoms with E-state index in [1.54, 1.807) is 17.0 Å². The van der Waals surface area contributed by atoms with E-state index in [-0.39, 0.29) is 11.9 Å². The zero-order chi connectivity index (χ0) is 11.5. The molecule has 16 heavy (non-hydrogen) atoms. The van der Waals surface area contributed by atoms with Crippen molar-refractivity contribution in [1.29, 1.82) is 5.26 Å². The Morgan fingerprint density at radius 3 is 3.06 bits per heavy atom. The van der Waals surface area contributed by atoms with Gasteiger partial charge in [0.15, 0.2) is 0 Å². The highest BCUT2D eigenvalue weighted by molar-refractivity contribution is 6.30. The normalized spacial score (nSPS) is 19.9. The summed E-state index contributed by atoms with van der Waals surface area (Å²) in [6.07, 6.45) is 1.63. The molecule has 1 aliphatic rings. The Kier molecular flexibility index (Phi) is 3.12. The Morgan fingerprint density at radius 1 is 1.56 bits per heavy atom. The number of rotatable bonds is 2. The summed E-state index contributed by atoms with van der Waals surface area (Å²) in [6.45, 7) is 0. The summed E-state index contributed by atoms with van der Waals surface area (Å²) >= 11 is 5.89. The molecular formula is C12H11ClN2O. The van der Waals surface area contributed by atoms with Crippen molar-refractivity contribution in [3.05, 3.63) is 29.3 Å². The Hall–Kier alpha value is -1.53. The monoisotopic (exact) mass is 234 g/mol. The molecule has 1 saturated heterocycles. The molecular weight excluding hydrogens is 224 g/mol. The summed E-state index contributed by atoms with van der Waals surface area (Å²) < 4.78 is 0. The van der Waals surface area contributed by atoms with Crippen LogP contribution in [0.5, 0.6) is 0 Å². The summed E-state index contributed by atoms with van der Waals surface area (Å²) in [5, 5.41) is 9.32. The molecule has 0 N–H and O–H groups in total. The largest absolute Gasteiger partial charge is 0.308 e. The number of hydrogen-bond donors (Lipinski definition) is 0. The average molecular weight is 235 g/mol. The van der Waals surface area contributed by atoms with Crippen LogP contribution in [0.4, 0.5) is 5.69 Å². The summed E-state index contributed by atoms with van der Waals surface area (Å²) in [6, 6.07) is 9.30. The number of carbonyl (C=O) groups is 1. The SMILES string of the molecule is N#CCC1CCC(=O)N1c1cccc(Cl)c1. The lowest BCUT2D eigenvalue weighted by Crippen LogP contribution is -2.32. The zero-order valence-electron chi connectivity index (χ0n) is 8.69. The maximum Gasteiger partial charge on any atom is 0.227 e. The smallest absolute Gasteiger partial charge is 0.227 e. The molecule has 0 spiro atoms. The second kappa shape index (κ2) is 4.54. The third kappa shape index (κ3) is 2.02. The number of nitrogens with zero attached hydrogens (tertiary/aromatic N) is 2. The molecule has 0 bridgehead atoms. The molecule has 0 aliphatic carbocycles. The average Bonchev–Trinajstić information content (AvgIpc) is 2.60. The van der Waals surface area contributed by atoms with Crippen LogP contribution in [-0.4, -0.2) is 11.9 Å². The number of nitriles is 1. The van der Waals surface area contributed by atoms with Crippen LogP contribution in [0, 0.1) is 11.3 Å². The molecule has 0 saturated carbocycles. The van der Waals surface area contributed by atoms with E-state index in [9.17, 15) is 4.79 Å². The van der Waals surface area contributed by atoms with Crippen LogP contribution < -0.4 is 4.90 Å². The summed E-state index contributed by atoms with van der Waals surface area (Å²) in [4.78, 5) is 13.4. The first-order valence-electron chi connectivity index (χ1n) is 5.17. The molecule has 2 rings (SSSR count). The molecule has 1 aromatic rings. The lowest BCUT2D eigenvalue weighted by atomic mass is 10.1. The van der Waals surface area contributed by atoms with Gasteiger partial charge in [0.05, 0.1) is 18.5 Å². The highest BCUT2D eigenvalue weighted by atomic mass is 35.5. The zero-order valence-corrected chi connectivity index (χ0v) is 9.44. The number of halogens is 1. The molecule has 3 nitrogen and oxygen atoms in total. The number of benzene rings is 1. The second-order valence-electron chi connectivity index (χ2n) is 3.80. The van der Waals surface area contributed by atoms with Crippen molar-refractivity contribution < 1.29 is 4.79 Å². The van der Waals surface area contributed by atoms with E-state index in [0.29, 0.717) is 17.9 Å². The van der Waals surface area contributed by atoms with E-state index in [0.717, 1.165) is 12.1 Å². The van der Waals surface area contributed by atoms with Crippen LogP contribution in [-0.2, 0) is 4.79 Å². The fourth-order valence-corrected chi connectivity index (χ4v) is 2.21. The number of anilines is 1. The minimum absolute atomic E-state index is 0.00373. The first-order valence-corrected chi connectivity index (χ1v) is 5.55. The molecule has 82 valence electrons. The van der Waals surface area contributed by atoms with Gasteiger partial charge in [0, 0.05) is 17.1 Å². The van der Waals surface area contributed by atoms with E-state index < -0.39 is 0 Å². The van der Waals surface area contributed by atoms with Crippen LogP contribution in [0.3, 0.4) is 0 Å². The van der Waals surface area contributed by atoms with Gasteiger partial charge in [0.1, 0.15) is 0 Å². The van der Waals surface area contributed by atoms with E-state index in [1.165, 1.54) is 0 Å². The third-order valence-corrected chi connectivity index (χ3v) is 2.97. The summed E-state index contributed by atoms with van der Waals surface area (Å²) in [7, 11) is 0. The Labute approximate surface area is 99.2 Å². The highest BCUT2D eigenvalue weighted by Gasteiger charge is 2.31. The molecule has 0 radical (unpaired) electrons. The molecule has 1 aliphatic heterocycles. The number of hydrogen-bond acceptors (Lipinski definition) is 2. The standard InChI is InChI=1S/C12H11ClN2O/c13-9-2-1-3-11(8-9)15-10(6-7-14)4-5-12(15)16/h1-3,8,10H,4-6H2. The Bertz CT molecular complexity index is 453. The lowest BCUT2D eigenvalue weighted by molar-refractivity contribution is -0.117. The van der Waals surface area contributed by atoms with Gasteiger partial charge in [-0.2, -0.15) is 5.26 Å². The third-order valence-electron chi connectivity index (χ3n) is 2.74. The molecule has 1 unspecified atom stereocenters. The van der Waals surface area contributed by atoms with Gasteiger partial charge in [-0.3, -0.25) is 4.79 Å². The second-order valence-corrected chi connectivity index (χ2v) is 4.23. The van der Waals surface area contributed by atoms with Crippen LogP contribution in [0.1, 0.15) is 19.3 Å². The molecule has 1 heterocycles. The van der Waals surface area contributed by atoms with E-state index in [1.807, 2.05) is 12.1 Å². The van der Waals surface area contributed by atoms with Gasteiger partial charge in [0.25, 0.3) is 0 Å². The van der Waals surface area contributed by atoms with Gasteiger partial charge >= 0.3 is 0 Å². The van der Waals surface area contributed by atoms with Crippen molar-refractivity contribution in [3.63, 3.8) is 0 Å². The predicted octanol–water partition coefficient (Wildman–Crippen LogP) is 2.75. The molecule has 1 amide bonds. The van der Waals surface area contributed by atoms with Gasteiger partial charge < -0.3 is 4.90 Å². The molecule has 0 aromatic heterocycles. The van der Waals surface area contributed by atoms with Crippen LogP contribution in [0.2, 0.25) is 5.02 Å². The molecule has 4 heteroatoms. The summed E-state index contributed by atoms with van der Waals surface area (Å²) in [5.74, 6) is 0.0718. The fourth-order valence-electron chi connectivity index (χ4n) is 2.02. The quantitative estimate of drug-likeness (QED) is 0.790. The topological polar surface area (TPSA) is 44.1 Å². The lowest BCUT2D eigenvalue weighted by Gasteiger charge is -2.23. The molecule has 1 fully saturated rings.